The summed E-state index contributed by atoms with van der Waals surface area (Å²) in [6, 6.07) is 6.53. The first-order valence-corrected chi connectivity index (χ1v) is 5.72. The summed E-state index contributed by atoms with van der Waals surface area (Å²) in [7, 11) is 3.59. The number of benzene rings is 1. The van der Waals surface area contributed by atoms with Gasteiger partial charge in [0.05, 0.1) is 5.54 Å². The summed E-state index contributed by atoms with van der Waals surface area (Å²) < 4.78 is 18.3. The molecule has 1 aromatic rings. The number of methoxy groups -OCH3 is 1. The smallest absolute Gasteiger partial charge is 0.125 e. The van der Waals surface area contributed by atoms with Crippen molar-refractivity contribution in [2.75, 3.05) is 32.2 Å². The molecule has 4 heteroatoms. The summed E-state index contributed by atoms with van der Waals surface area (Å²) in [5.74, 6) is -0.236. The van der Waals surface area contributed by atoms with Crippen molar-refractivity contribution in [1.82, 2.24) is 0 Å². The quantitative estimate of drug-likeness (QED) is 0.826. The lowest BCUT2D eigenvalue weighted by molar-refractivity contribution is 0.172. The number of ether oxygens (including phenoxy) is 1. The van der Waals surface area contributed by atoms with Crippen LogP contribution in [0.25, 0.3) is 0 Å². The summed E-state index contributed by atoms with van der Waals surface area (Å²) in [4.78, 5) is 2.01. The first-order chi connectivity index (χ1) is 8.03. The minimum absolute atomic E-state index is 0.232. The van der Waals surface area contributed by atoms with Gasteiger partial charge in [-0.15, -0.1) is 0 Å². The highest BCUT2D eigenvalue weighted by Crippen LogP contribution is 2.25. The Kier molecular flexibility index (Phi) is 4.90. The minimum atomic E-state index is -0.236. The first-order valence-electron chi connectivity index (χ1n) is 5.72. The number of nitrogens with two attached hydrogens (primary N) is 1. The van der Waals surface area contributed by atoms with Gasteiger partial charge in [0.1, 0.15) is 5.82 Å². The summed E-state index contributed by atoms with van der Waals surface area (Å²) >= 11 is 0. The highest BCUT2D eigenvalue weighted by molar-refractivity contribution is 5.48. The molecule has 0 bridgehead atoms. The first kappa shape index (κ1) is 13.9. The van der Waals surface area contributed by atoms with Gasteiger partial charge in [0, 0.05) is 33.0 Å². The molecule has 3 nitrogen and oxygen atoms in total. The van der Waals surface area contributed by atoms with E-state index in [9.17, 15) is 4.39 Å². The number of hydrogen-bond acceptors (Lipinski definition) is 3. The van der Waals surface area contributed by atoms with Crippen molar-refractivity contribution < 1.29 is 9.13 Å². The van der Waals surface area contributed by atoms with E-state index >= 15 is 0 Å². The Labute approximate surface area is 102 Å². The molecule has 0 spiro atoms. The second-order valence-electron chi connectivity index (χ2n) is 4.48. The van der Waals surface area contributed by atoms with E-state index in [1.807, 2.05) is 18.0 Å². The lowest BCUT2D eigenvalue weighted by atomic mass is 9.95. The number of rotatable bonds is 6. The minimum Gasteiger partial charge on any atom is -0.385 e. The molecule has 96 valence electrons. The van der Waals surface area contributed by atoms with Crippen LogP contribution in [0.15, 0.2) is 24.3 Å². The van der Waals surface area contributed by atoms with Gasteiger partial charge in [-0.3, -0.25) is 0 Å². The molecule has 1 atom stereocenters. The van der Waals surface area contributed by atoms with Crippen LogP contribution in [-0.4, -0.2) is 32.8 Å². The molecule has 0 aliphatic heterocycles. The lowest BCUT2D eigenvalue weighted by Crippen LogP contribution is -2.50. The molecule has 0 heterocycles. The molecule has 0 saturated heterocycles. The summed E-state index contributed by atoms with van der Waals surface area (Å²) in [5.41, 5.74) is 6.43. The maximum Gasteiger partial charge on any atom is 0.125 e. The average Bonchev–Trinajstić information content (AvgIpc) is 2.35. The van der Waals surface area contributed by atoms with Gasteiger partial charge >= 0.3 is 0 Å². The Bertz CT molecular complexity index is 359. The van der Waals surface area contributed by atoms with Gasteiger partial charge < -0.3 is 15.4 Å². The van der Waals surface area contributed by atoms with Crippen molar-refractivity contribution in [3.05, 3.63) is 30.1 Å². The zero-order chi connectivity index (χ0) is 12.9. The summed E-state index contributed by atoms with van der Waals surface area (Å²) in [6.07, 6.45) is 0.799. The van der Waals surface area contributed by atoms with E-state index in [4.69, 9.17) is 10.5 Å². The molecular weight excluding hydrogens is 219 g/mol. The third-order valence-corrected chi connectivity index (χ3v) is 3.29. The highest BCUT2D eigenvalue weighted by Gasteiger charge is 2.27. The third-order valence-electron chi connectivity index (χ3n) is 3.29. The molecule has 1 unspecified atom stereocenters. The Hall–Kier alpha value is -1.13. The molecule has 17 heavy (non-hydrogen) atoms. The van der Waals surface area contributed by atoms with Crippen LogP contribution in [0.5, 0.6) is 0 Å². The standard InChI is InChI=1S/C13H21FN2O/c1-13(10-15,7-8-17-3)16(2)12-6-4-5-11(14)9-12/h4-6,9H,7-8,10,15H2,1-3H3. The molecular formula is C13H21FN2O. The predicted octanol–water partition coefficient (Wildman–Crippen LogP) is 2.02. The van der Waals surface area contributed by atoms with Gasteiger partial charge in [0.2, 0.25) is 0 Å². The zero-order valence-corrected chi connectivity index (χ0v) is 10.7. The molecule has 0 aliphatic rings. The zero-order valence-electron chi connectivity index (χ0n) is 10.7. The lowest BCUT2D eigenvalue weighted by Gasteiger charge is -2.39. The van der Waals surface area contributed by atoms with E-state index in [0.29, 0.717) is 13.2 Å². The predicted molar refractivity (Wildman–Crippen MR) is 68.8 cm³/mol. The fraction of sp³-hybridized carbons (Fsp3) is 0.538. The maximum absolute atomic E-state index is 13.2. The van der Waals surface area contributed by atoms with Gasteiger partial charge in [-0.1, -0.05) is 6.07 Å². The van der Waals surface area contributed by atoms with Gasteiger partial charge in [-0.25, -0.2) is 4.39 Å². The van der Waals surface area contributed by atoms with E-state index in [1.54, 1.807) is 13.2 Å². The van der Waals surface area contributed by atoms with Crippen molar-refractivity contribution in [2.24, 2.45) is 5.73 Å². The van der Waals surface area contributed by atoms with Gasteiger partial charge in [0.25, 0.3) is 0 Å². The Morgan fingerprint density at radius 2 is 2.18 bits per heavy atom. The number of hydrogen-bond donors (Lipinski definition) is 1. The van der Waals surface area contributed by atoms with Crippen LogP contribution in [-0.2, 0) is 4.74 Å². The fourth-order valence-corrected chi connectivity index (χ4v) is 1.73. The topological polar surface area (TPSA) is 38.5 Å². The molecule has 1 aromatic carbocycles. The van der Waals surface area contributed by atoms with Crippen LogP contribution in [0.3, 0.4) is 0 Å². The van der Waals surface area contributed by atoms with Crippen molar-refractivity contribution >= 4 is 5.69 Å². The van der Waals surface area contributed by atoms with E-state index in [2.05, 4.69) is 6.92 Å². The molecule has 0 amide bonds. The SMILES string of the molecule is COCCC(C)(CN)N(C)c1cccc(F)c1. The van der Waals surface area contributed by atoms with Crippen LogP contribution in [0.1, 0.15) is 13.3 Å². The largest absolute Gasteiger partial charge is 0.385 e. The second-order valence-corrected chi connectivity index (χ2v) is 4.48. The van der Waals surface area contributed by atoms with Crippen LogP contribution in [0.2, 0.25) is 0 Å². The third kappa shape index (κ3) is 3.41. The van der Waals surface area contributed by atoms with Crippen molar-refractivity contribution in [3.63, 3.8) is 0 Å². The second kappa shape index (κ2) is 5.98. The number of likely N-dealkylation sites (N-methyl/N-ethyl adjacent to an activating group) is 1. The van der Waals surface area contributed by atoms with Gasteiger partial charge in [-0.05, 0) is 31.5 Å². The van der Waals surface area contributed by atoms with Crippen LogP contribution >= 0.6 is 0 Å². The number of anilines is 1. The number of halogens is 1. The van der Waals surface area contributed by atoms with E-state index in [0.717, 1.165) is 12.1 Å². The molecule has 0 aromatic heterocycles. The number of nitrogens with zero attached hydrogens (tertiary/aromatic N) is 1. The molecule has 1 rings (SSSR count). The van der Waals surface area contributed by atoms with Crippen molar-refractivity contribution in [2.45, 2.75) is 18.9 Å². The van der Waals surface area contributed by atoms with Crippen molar-refractivity contribution in [1.29, 1.82) is 0 Å². The molecule has 0 fully saturated rings. The Balaban J connectivity index is 2.88. The molecule has 0 aliphatic carbocycles. The Morgan fingerprint density at radius 3 is 2.71 bits per heavy atom. The van der Waals surface area contributed by atoms with Gasteiger partial charge in [-0.2, -0.15) is 0 Å². The Morgan fingerprint density at radius 1 is 1.47 bits per heavy atom. The van der Waals surface area contributed by atoms with Crippen LogP contribution in [0, 0.1) is 5.82 Å². The summed E-state index contributed by atoms with van der Waals surface area (Å²) in [5, 5.41) is 0. The monoisotopic (exact) mass is 240 g/mol. The molecule has 2 N–H and O–H groups in total. The van der Waals surface area contributed by atoms with Crippen molar-refractivity contribution in [3.8, 4) is 0 Å². The normalized spacial score (nSPS) is 14.4. The average molecular weight is 240 g/mol. The maximum atomic E-state index is 13.2. The highest BCUT2D eigenvalue weighted by atomic mass is 19.1. The van der Waals surface area contributed by atoms with Crippen LogP contribution in [0.4, 0.5) is 10.1 Å². The molecule has 0 radical (unpaired) electrons. The fourth-order valence-electron chi connectivity index (χ4n) is 1.73. The van der Waals surface area contributed by atoms with E-state index in [-0.39, 0.29) is 11.4 Å². The van der Waals surface area contributed by atoms with Crippen LogP contribution < -0.4 is 10.6 Å². The molecule has 0 saturated carbocycles. The van der Waals surface area contributed by atoms with E-state index in [1.165, 1.54) is 12.1 Å². The van der Waals surface area contributed by atoms with Gasteiger partial charge in [0.15, 0.2) is 0 Å². The summed E-state index contributed by atoms with van der Waals surface area (Å²) in [6.45, 7) is 3.17. The van der Waals surface area contributed by atoms with E-state index < -0.39 is 0 Å².